The summed E-state index contributed by atoms with van der Waals surface area (Å²) in [5.74, 6) is 0.704. The summed E-state index contributed by atoms with van der Waals surface area (Å²) >= 11 is 0. The Morgan fingerprint density at radius 2 is 2.33 bits per heavy atom. The van der Waals surface area contributed by atoms with Crippen LogP contribution >= 0.6 is 0 Å². The molecule has 0 radical (unpaired) electrons. The first kappa shape index (κ1) is 13.1. The van der Waals surface area contributed by atoms with Gasteiger partial charge in [0.25, 0.3) is 5.91 Å². The Hall–Kier alpha value is -1.36. The van der Waals surface area contributed by atoms with Crippen LogP contribution in [0.1, 0.15) is 54.4 Å². The van der Waals surface area contributed by atoms with Gasteiger partial charge < -0.3 is 14.5 Å². The molecule has 5 nitrogen and oxygen atoms in total. The first-order chi connectivity index (χ1) is 8.56. The van der Waals surface area contributed by atoms with Crippen molar-refractivity contribution in [1.29, 1.82) is 0 Å². The SMILES string of the molecule is Cc1noc(C(C)C)c1C(=O)N1CCC[C@H]1CO. The summed E-state index contributed by atoms with van der Waals surface area (Å²) in [5.41, 5.74) is 1.21. The van der Waals surface area contributed by atoms with Gasteiger partial charge in [-0.15, -0.1) is 0 Å². The van der Waals surface area contributed by atoms with Crippen molar-refractivity contribution in [3.8, 4) is 0 Å². The zero-order valence-electron chi connectivity index (χ0n) is 11.1. The smallest absolute Gasteiger partial charge is 0.259 e. The molecule has 0 bridgehead atoms. The van der Waals surface area contributed by atoms with Gasteiger partial charge in [-0.1, -0.05) is 19.0 Å². The van der Waals surface area contributed by atoms with Crippen molar-refractivity contribution in [1.82, 2.24) is 10.1 Å². The lowest BCUT2D eigenvalue weighted by Crippen LogP contribution is -2.38. The summed E-state index contributed by atoms with van der Waals surface area (Å²) in [5, 5.41) is 13.2. The van der Waals surface area contributed by atoms with E-state index in [0.29, 0.717) is 23.6 Å². The lowest BCUT2D eigenvalue weighted by molar-refractivity contribution is 0.0674. The van der Waals surface area contributed by atoms with Gasteiger partial charge in [-0.05, 0) is 19.8 Å². The second-order valence-corrected chi connectivity index (χ2v) is 5.14. The van der Waals surface area contributed by atoms with E-state index in [1.807, 2.05) is 13.8 Å². The maximum atomic E-state index is 12.5. The van der Waals surface area contributed by atoms with Crippen LogP contribution in [-0.4, -0.2) is 40.3 Å². The molecule has 2 rings (SSSR count). The van der Waals surface area contributed by atoms with Crippen LogP contribution < -0.4 is 0 Å². The van der Waals surface area contributed by atoms with E-state index >= 15 is 0 Å². The molecule has 1 aromatic heterocycles. The van der Waals surface area contributed by atoms with Crippen molar-refractivity contribution in [2.45, 2.75) is 45.6 Å². The molecule has 1 N–H and O–H groups in total. The standard InChI is InChI=1S/C13H20N2O3/c1-8(2)12-11(9(3)14-18-12)13(17)15-6-4-5-10(15)7-16/h8,10,16H,4-7H2,1-3H3/t10-/m0/s1. The summed E-state index contributed by atoms with van der Waals surface area (Å²) in [6.45, 7) is 6.46. The highest BCUT2D eigenvalue weighted by atomic mass is 16.5. The monoisotopic (exact) mass is 252 g/mol. The number of carbonyl (C=O) groups excluding carboxylic acids is 1. The lowest BCUT2D eigenvalue weighted by atomic mass is 10.0. The van der Waals surface area contributed by atoms with Crippen LogP contribution in [0, 0.1) is 6.92 Å². The van der Waals surface area contributed by atoms with Gasteiger partial charge in [0.2, 0.25) is 0 Å². The molecule has 0 saturated carbocycles. The Morgan fingerprint density at radius 1 is 1.61 bits per heavy atom. The highest BCUT2D eigenvalue weighted by Gasteiger charge is 2.33. The quantitative estimate of drug-likeness (QED) is 0.889. The highest BCUT2D eigenvalue weighted by molar-refractivity contribution is 5.96. The molecular formula is C13H20N2O3. The number of aliphatic hydroxyl groups is 1. The zero-order valence-corrected chi connectivity index (χ0v) is 11.1. The average molecular weight is 252 g/mol. The molecule has 1 atom stereocenters. The van der Waals surface area contributed by atoms with Gasteiger partial charge in [0.15, 0.2) is 5.76 Å². The third kappa shape index (κ3) is 2.14. The number of amides is 1. The minimum atomic E-state index is -0.0631. The van der Waals surface area contributed by atoms with Crippen molar-refractivity contribution >= 4 is 5.91 Å². The topological polar surface area (TPSA) is 66.6 Å². The van der Waals surface area contributed by atoms with Gasteiger partial charge >= 0.3 is 0 Å². The van der Waals surface area contributed by atoms with E-state index in [1.165, 1.54) is 0 Å². The summed E-state index contributed by atoms with van der Waals surface area (Å²) in [6, 6.07) is -0.0631. The molecule has 18 heavy (non-hydrogen) atoms. The molecule has 0 spiro atoms. The van der Waals surface area contributed by atoms with Crippen molar-refractivity contribution in [2.24, 2.45) is 0 Å². The molecule has 0 unspecified atom stereocenters. The van der Waals surface area contributed by atoms with Crippen molar-refractivity contribution < 1.29 is 14.4 Å². The van der Waals surface area contributed by atoms with E-state index in [4.69, 9.17) is 4.52 Å². The predicted molar refractivity (Wildman–Crippen MR) is 66.5 cm³/mol. The molecule has 1 amide bonds. The fourth-order valence-corrected chi connectivity index (χ4v) is 2.48. The predicted octanol–water partition coefficient (Wildman–Crippen LogP) is 1.70. The van der Waals surface area contributed by atoms with Gasteiger partial charge in [-0.2, -0.15) is 0 Å². The number of carbonyl (C=O) groups is 1. The maximum absolute atomic E-state index is 12.5. The lowest BCUT2D eigenvalue weighted by Gasteiger charge is -2.23. The number of hydrogen-bond donors (Lipinski definition) is 1. The van der Waals surface area contributed by atoms with Gasteiger partial charge in [0.1, 0.15) is 5.56 Å². The fourth-order valence-electron chi connectivity index (χ4n) is 2.48. The molecule has 5 heteroatoms. The minimum Gasteiger partial charge on any atom is -0.394 e. The Morgan fingerprint density at radius 3 is 2.94 bits per heavy atom. The van der Waals surface area contributed by atoms with Crippen LogP contribution in [-0.2, 0) is 0 Å². The normalized spacial score (nSPS) is 19.8. The van der Waals surface area contributed by atoms with Crippen molar-refractivity contribution in [3.63, 3.8) is 0 Å². The largest absolute Gasteiger partial charge is 0.394 e. The van der Waals surface area contributed by atoms with Crippen molar-refractivity contribution in [2.75, 3.05) is 13.2 Å². The number of aromatic nitrogens is 1. The van der Waals surface area contributed by atoms with E-state index in [-0.39, 0.29) is 24.5 Å². The Bertz CT molecular complexity index is 439. The maximum Gasteiger partial charge on any atom is 0.259 e. The second kappa shape index (κ2) is 5.10. The highest BCUT2D eigenvalue weighted by Crippen LogP contribution is 2.27. The van der Waals surface area contributed by atoms with E-state index in [2.05, 4.69) is 5.16 Å². The first-order valence-electron chi connectivity index (χ1n) is 6.44. The summed E-state index contributed by atoms with van der Waals surface area (Å²) in [4.78, 5) is 14.3. The molecule has 1 saturated heterocycles. The summed E-state index contributed by atoms with van der Waals surface area (Å²) < 4.78 is 5.25. The van der Waals surface area contributed by atoms with Gasteiger partial charge in [0, 0.05) is 12.5 Å². The van der Waals surface area contributed by atoms with Crippen LogP contribution in [0.25, 0.3) is 0 Å². The average Bonchev–Trinajstić information content (AvgIpc) is 2.93. The summed E-state index contributed by atoms with van der Waals surface area (Å²) in [6.07, 6.45) is 1.81. The van der Waals surface area contributed by atoms with Crippen LogP contribution in [0.5, 0.6) is 0 Å². The Kier molecular flexibility index (Phi) is 3.71. The molecular weight excluding hydrogens is 232 g/mol. The van der Waals surface area contributed by atoms with E-state index in [9.17, 15) is 9.90 Å². The Balaban J connectivity index is 2.31. The van der Waals surface area contributed by atoms with Gasteiger partial charge in [0.05, 0.1) is 18.3 Å². The number of hydrogen-bond acceptors (Lipinski definition) is 4. The zero-order chi connectivity index (χ0) is 13.3. The van der Waals surface area contributed by atoms with E-state index < -0.39 is 0 Å². The molecule has 0 aliphatic carbocycles. The van der Waals surface area contributed by atoms with Gasteiger partial charge in [-0.3, -0.25) is 4.79 Å². The molecule has 1 aromatic rings. The van der Waals surface area contributed by atoms with Gasteiger partial charge in [-0.25, -0.2) is 0 Å². The number of rotatable bonds is 3. The second-order valence-electron chi connectivity index (χ2n) is 5.14. The number of aryl methyl sites for hydroxylation is 1. The van der Waals surface area contributed by atoms with Crippen LogP contribution in [0.3, 0.4) is 0 Å². The molecule has 0 aromatic carbocycles. The van der Waals surface area contributed by atoms with Crippen LogP contribution in [0.2, 0.25) is 0 Å². The number of nitrogens with zero attached hydrogens (tertiary/aromatic N) is 2. The Labute approximate surface area is 107 Å². The van der Waals surface area contributed by atoms with Crippen LogP contribution in [0.4, 0.5) is 0 Å². The molecule has 1 aliphatic heterocycles. The van der Waals surface area contributed by atoms with Crippen LogP contribution in [0.15, 0.2) is 4.52 Å². The first-order valence-corrected chi connectivity index (χ1v) is 6.44. The van der Waals surface area contributed by atoms with E-state index in [1.54, 1.807) is 11.8 Å². The number of likely N-dealkylation sites (tertiary alicyclic amines) is 1. The van der Waals surface area contributed by atoms with Crippen molar-refractivity contribution in [3.05, 3.63) is 17.0 Å². The molecule has 1 fully saturated rings. The summed E-state index contributed by atoms with van der Waals surface area (Å²) in [7, 11) is 0. The number of aliphatic hydroxyl groups excluding tert-OH is 1. The third-order valence-corrected chi connectivity index (χ3v) is 3.48. The third-order valence-electron chi connectivity index (χ3n) is 3.48. The van der Waals surface area contributed by atoms with E-state index in [0.717, 1.165) is 12.8 Å². The molecule has 1 aliphatic rings. The minimum absolute atomic E-state index is 0.0209. The molecule has 100 valence electrons. The fraction of sp³-hybridized carbons (Fsp3) is 0.692. The molecule has 2 heterocycles.